The van der Waals surface area contributed by atoms with Crippen molar-refractivity contribution in [2.24, 2.45) is 0 Å². The van der Waals surface area contributed by atoms with Crippen molar-refractivity contribution >= 4 is 11.9 Å². The van der Waals surface area contributed by atoms with E-state index in [4.69, 9.17) is 0 Å². The Hall–Kier alpha value is -1.53. The van der Waals surface area contributed by atoms with Crippen LogP contribution in [-0.2, 0) is 4.79 Å². The lowest BCUT2D eigenvalue weighted by Gasteiger charge is -2.31. The first-order chi connectivity index (χ1) is 8.78. The zero-order chi connectivity index (χ0) is 12.8. The van der Waals surface area contributed by atoms with Gasteiger partial charge in [0.2, 0.25) is 11.9 Å². The van der Waals surface area contributed by atoms with Crippen molar-refractivity contribution < 1.29 is 4.79 Å². The van der Waals surface area contributed by atoms with Crippen molar-refractivity contribution in [3.8, 4) is 0 Å². The number of hydrogen-bond donors (Lipinski definition) is 2. The molecule has 98 valence electrons. The molecule has 0 radical (unpaired) electrons. The number of nitrogens with zero attached hydrogens (tertiary/aromatic N) is 3. The molecule has 1 amide bonds. The van der Waals surface area contributed by atoms with Gasteiger partial charge in [0.1, 0.15) is 0 Å². The zero-order valence-electron chi connectivity index (χ0n) is 10.6. The second-order valence-electron chi connectivity index (χ2n) is 4.48. The Bertz CT molecular complexity index is 383. The fourth-order valence-corrected chi connectivity index (χ4v) is 2.17. The summed E-state index contributed by atoms with van der Waals surface area (Å²) in [5.74, 6) is 0.308. The van der Waals surface area contributed by atoms with Gasteiger partial charge in [0.25, 0.3) is 0 Å². The highest BCUT2D eigenvalue weighted by Crippen LogP contribution is 2.09. The Balaban J connectivity index is 1.80. The molecule has 0 bridgehead atoms. The first-order valence-electron chi connectivity index (χ1n) is 6.24. The van der Waals surface area contributed by atoms with Gasteiger partial charge in [-0.1, -0.05) is 0 Å². The molecule has 1 aliphatic heterocycles. The Labute approximate surface area is 107 Å². The number of piperidine rings is 1. The van der Waals surface area contributed by atoms with Crippen molar-refractivity contribution in [3.63, 3.8) is 0 Å². The lowest BCUT2D eigenvalue weighted by Crippen LogP contribution is -2.47. The Morgan fingerprint density at radius 1 is 1.50 bits per heavy atom. The minimum atomic E-state index is -0.0575. The van der Waals surface area contributed by atoms with Gasteiger partial charge in [-0.15, -0.1) is 0 Å². The number of rotatable bonds is 4. The second kappa shape index (κ2) is 6.42. The summed E-state index contributed by atoms with van der Waals surface area (Å²) >= 11 is 0. The summed E-state index contributed by atoms with van der Waals surface area (Å²) < 4.78 is 0. The van der Waals surface area contributed by atoms with Crippen LogP contribution in [0.25, 0.3) is 0 Å². The van der Waals surface area contributed by atoms with Crippen molar-refractivity contribution in [2.45, 2.75) is 18.9 Å². The van der Waals surface area contributed by atoms with E-state index in [0.29, 0.717) is 18.5 Å². The summed E-state index contributed by atoms with van der Waals surface area (Å²) in [6.45, 7) is 2.29. The monoisotopic (exact) mass is 249 g/mol. The molecular weight excluding hydrogens is 230 g/mol. The van der Waals surface area contributed by atoms with Gasteiger partial charge in [0, 0.05) is 25.0 Å². The van der Waals surface area contributed by atoms with Gasteiger partial charge >= 0.3 is 0 Å². The molecule has 1 unspecified atom stereocenters. The van der Waals surface area contributed by atoms with Crippen molar-refractivity contribution in [1.82, 2.24) is 20.2 Å². The number of likely N-dealkylation sites (N-methyl/N-ethyl adjacent to an activating group) is 1. The van der Waals surface area contributed by atoms with Crippen LogP contribution >= 0.6 is 0 Å². The topological polar surface area (TPSA) is 70.2 Å². The smallest absolute Gasteiger partial charge is 0.240 e. The molecular formula is C12H19N5O. The molecule has 0 aromatic carbocycles. The van der Waals surface area contributed by atoms with Crippen LogP contribution in [0, 0.1) is 0 Å². The minimum absolute atomic E-state index is 0.0575. The molecule has 1 aromatic rings. The Morgan fingerprint density at radius 2 is 2.28 bits per heavy atom. The first kappa shape index (κ1) is 12.9. The summed E-state index contributed by atoms with van der Waals surface area (Å²) in [5, 5.41) is 5.96. The summed E-state index contributed by atoms with van der Waals surface area (Å²) in [6, 6.07) is 2.21. The maximum Gasteiger partial charge on any atom is 0.240 e. The van der Waals surface area contributed by atoms with E-state index in [1.54, 1.807) is 18.5 Å². The third kappa shape index (κ3) is 3.75. The molecule has 2 rings (SSSR count). The molecule has 1 aliphatic rings. The maximum absolute atomic E-state index is 11.8. The van der Waals surface area contributed by atoms with Crippen molar-refractivity contribution in [1.29, 1.82) is 0 Å². The van der Waals surface area contributed by atoms with Gasteiger partial charge in [-0.3, -0.25) is 15.0 Å². The molecule has 0 spiro atoms. The number of anilines is 1. The fourth-order valence-electron chi connectivity index (χ4n) is 2.17. The quantitative estimate of drug-likeness (QED) is 0.792. The standard InChI is InChI=1S/C12H19N5O/c1-13-10-4-2-7-17(8-10)9-11(18)16-12-14-5-3-6-15-12/h3,5-6,10,13H,2,4,7-9H2,1H3,(H,14,15,16,18). The SMILES string of the molecule is CNC1CCCN(CC(=O)Nc2ncccn2)C1. The minimum Gasteiger partial charge on any atom is -0.316 e. The average Bonchev–Trinajstić information content (AvgIpc) is 2.40. The second-order valence-corrected chi connectivity index (χ2v) is 4.48. The number of aromatic nitrogens is 2. The predicted molar refractivity (Wildman–Crippen MR) is 69.2 cm³/mol. The molecule has 2 heterocycles. The van der Waals surface area contributed by atoms with E-state index < -0.39 is 0 Å². The third-order valence-electron chi connectivity index (χ3n) is 3.10. The van der Waals surface area contributed by atoms with Gasteiger partial charge in [0.15, 0.2) is 0 Å². The zero-order valence-corrected chi connectivity index (χ0v) is 10.6. The number of carbonyl (C=O) groups is 1. The van der Waals surface area contributed by atoms with Gasteiger partial charge < -0.3 is 5.32 Å². The first-order valence-corrected chi connectivity index (χ1v) is 6.24. The van der Waals surface area contributed by atoms with Crippen molar-refractivity contribution in [2.75, 3.05) is 32.0 Å². The third-order valence-corrected chi connectivity index (χ3v) is 3.10. The lowest BCUT2D eigenvalue weighted by molar-refractivity contribution is -0.117. The van der Waals surface area contributed by atoms with E-state index in [-0.39, 0.29) is 5.91 Å². The number of carbonyl (C=O) groups excluding carboxylic acids is 1. The molecule has 0 saturated carbocycles. The van der Waals surface area contributed by atoms with E-state index in [1.807, 2.05) is 7.05 Å². The van der Waals surface area contributed by atoms with E-state index in [2.05, 4.69) is 25.5 Å². The molecule has 6 heteroatoms. The van der Waals surface area contributed by atoms with E-state index >= 15 is 0 Å². The van der Waals surface area contributed by atoms with Crippen LogP contribution in [0.2, 0.25) is 0 Å². The van der Waals surface area contributed by atoms with Crippen LogP contribution in [0.4, 0.5) is 5.95 Å². The molecule has 1 fully saturated rings. The highest BCUT2D eigenvalue weighted by molar-refractivity contribution is 5.90. The van der Waals surface area contributed by atoms with Gasteiger partial charge in [-0.25, -0.2) is 9.97 Å². The summed E-state index contributed by atoms with van der Waals surface area (Å²) in [5.41, 5.74) is 0. The molecule has 18 heavy (non-hydrogen) atoms. The van der Waals surface area contributed by atoms with Crippen LogP contribution in [0.3, 0.4) is 0 Å². The van der Waals surface area contributed by atoms with Crippen LogP contribution in [0.5, 0.6) is 0 Å². The summed E-state index contributed by atoms with van der Waals surface area (Å²) in [4.78, 5) is 21.9. The van der Waals surface area contributed by atoms with Crippen LogP contribution in [-0.4, -0.2) is 53.5 Å². The summed E-state index contributed by atoms with van der Waals surface area (Å²) in [6.07, 6.45) is 5.53. The number of hydrogen-bond acceptors (Lipinski definition) is 5. The largest absolute Gasteiger partial charge is 0.316 e. The molecule has 0 aliphatic carbocycles. The van der Waals surface area contributed by atoms with Crippen LogP contribution in [0.15, 0.2) is 18.5 Å². The normalized spacial score (nSPS) is 20.6. The van der Waals surface area contributed by atoms with E-state index in [9.17, 15) is 4.79 Å². The van der Waals surface area contributed by atoms with Crippen molar-refractivity contribution in [3.05, 3.63) is 18.5 Å². The molecule has 6 nitrogen and oxygen atoms in total. The molecule has 1 saturated heterocycles. The van der Waals surface area contributed by atoms with Crippen LogP contribution < -0.4 is 10.6 Å². The average molecular weight is 249 g/mol. The number of nitrogens with one attached hydrogen (secondary N) is 2. The van der Waals surface area contributed by atoms with E-state index in [1.165, 1.54) is 6.42 Å². The Kier molecular flexibility index (Phi) is 4.60. The van der Waals surface area contributed by atoms with E-state index in [0.717, 1.165) is 19.5 Å². The van der Waals surface area contributed by atoms with Gasteiger partial charge in [-0.05, 0) is 32.5 Å². The molecule has 1 atom stereocenters. The van der Waals surface area contributed by atoms with Crippen LogP contribution in [0.1, 0.15) is 12.8 Å². The summed E-state index contributed by atoms with van der Waals surface area (Å²) in [7, 11) is 1.96. The van der Waals surface area contributed by atoms with Gasteiger partial charge in [-0.2, -0.15) is 0 Å². The van der Waals surface area contributed by atoms with Gasteiger partial charge in [0.05, 0.1) is 6.54 Å². The maximum atomic E-state index is 11.8. The Morgan fingerprint density at radius 3 is 3.00 bits per heavy atom. The highest BCUT2D eigenvalue weighted by atomic mass is 16.2. The lowest BCUT2D eigenvalue weighted by atomic mass is 10.1. The highest BCUT2D eigenvalue weighted by Gasteiger charge is 2.20. The predicted octanol–water partition coefficient (Wildman–Crippen LogP) is 0.0989. The molecule has 1 aromatic heterocycles. The molecule has 2 N–H and O–H groups in total. The fraction of sp³-hybridized carbons (Fsp3) is 0.583. The number of likely N-dealkylation sites (tertiary alicyclic amines) is 1. The number of amides is 1.